The van der Waals surface area contributed by atoms with E-state index in [2.05, 4.69) is 15.1 Å². The first kappa shape index (κ1) is 6.67. The second-order valence-corrected chi connectivity index (χ2v) is 1.76. The summed E-state index contributed by atoms with van der Waals surface area (Å²) >= 11 is 0. The van der Waals surface area contributed by atoms with Crippen molar-refractivity contribution in [2.24, 2.45) is 5.16 Å². The predicted octanol–water partition coefficient (Wildman–Crippen LogP) is 0.675. The number of hydrogen-bond donors (Lipinski definition) is 1. The molecule has 0 saturated heterocycles. The highest BCUT2D eigenvalue weighted by Crippen LogP contribution is 1.88. The molecule has 0 amide bonds. The van der Waals surface area contributed by atoms with Gasteiger partial charge in [0.05, 0.1) is 0 Å². The highest BCUT2D eigenvalue weighted by molar-refractivity contribution is 5.94. The van der Waals surface area contributed by atoms with Gasteiger partial charge in [0.1, 0.15) is 5.71 Å². The molecule has 4 nitrogen and oxygen atoms in total. The Morgan fingerprint density at radius 1 is 1.50 bits per heavy atom. The van der Waals surface area contributed by atoms with Gasteiger partial charge in [0.25, 0.3) is 0 Å². The van der Waals surface area contributed by atoms with Crippen molar-refractivity contribution in [3.8, 4) is 0 Å². The fourth-order valence-corrected chi connectivity index (χ4v) is 0.531. The molecule has 0 saturated carbocycles. The minimum absolute atomic E-state index is 0.417. The first-order chi connectivity index (χ1) is 4.84. The van der Waals surface area contributed by atoms with Crippen LogP contribution in [0.1, 0.15) is 12.7 Å². The minimum atomic E-state index is 0.417. The van der Waals surface area contributed by atoms with Crippen LogP contribution in [-0.2, 0) is 0 Å². The Kier molecular flexibility index (Phi) is 1.94. The molecule has 1 N–H and O–H groups in total. The van der Waals surface area contributed by atoms with Crippen LogP contribution in [0.2, 0.25) is 0 Å². The monoisotopic (exact) mass is 137 g/mol. The molecular weight excluding hydrogens is 130 g/mol. The second-order valence-electron chi connectivity index (χ2n) is 1.76. The molecule has 0 fully saturated rings. The molecule has 0 spiro atoms. The average Bonchev–Trinajstić information content (AvgIpc) is 2.05. The molecule has 0 bridgehead atoms. The summed E-state index contributed by atoms with van der Waals surface area (Å²) in [5, 5.41) is 11.2. The molecule has 0 atom stereocenters. The van der Waals surface area contributed by atoms with Crippen molar-refractivity contribution in [3.05, 3.63) is 24.3 Å². The molecule has 0 radical (unpaired) electrons. The fraction of sp³-hybridized carbons (Fsp3) is 0.167. The van der Waals surface area contributed by atoms with Crippen molar-refractivity contribution in [1.29, 1.82) is 0 Å². The smallest absolute Gasteiger partial charge is 0.176 e. The van der Waals surface area contributed by atoms with Crippen molar-refractivity contribution in [3.63, 3.8) is 0 Å². The first-order valence-corrected chi connectivity index (χ1v) is 2.80. The van der Waals surface area contributed by atoms with E-state index in [-0.39, 0.29) is 0 Å². The molecular formula is C6H7N3O. The lowest BCUT2D eigenvalue weighted by atomic mass is 10.4. The normalized spacial score (nSPS) is 11.5. The zero-order valence-corrected chi connectivity index (χ0v) is 5.52. The van der Waals surface area contributed by atoms with Gasteiger partial charge in [-0.05, 0) is 13.0 Å². The predicted molar refractivity (Wildman–Crippen MR) is 36.0 cm³/mol. The van der Waals surface area contributed by atoms with Crippen molar-refractivity contribution in [2.75, 3.05) is 0 Å². The summed E-state index contributed by atoms with van der Waals surface area (Å²) in [4.78, 5) is 7.70. The molecule has 0 aliphatic carbocycles. The van der Waals surface area contributed by atoms with Gasteiger partial charge < -0.3 is 5.21 Å². The second kappa shape index (κ2) is 2.91. The van der Waals surface area contributed by atoms with Crippen LogP contribution >= 0.6 is 0 Å². The van der Waals surface area contributed by atoms with Crippen LogP contribution in [-0.4, -0.2) is 20.9 Å². The topological polar surface area (TPSA) is 58.4 Å². The lowest BCUT2D eigenvalue weighted by Gasteiger charge is -1.91. The summed E-state index contributed by atoms with van der Waals surface area (Å²) in [7, 11) is 0. The molecule has 0 aliphatic rings. The Hall–Kier alpha value is -1.45. The SMILES string of the molecule is CC(=NO)c1ncccn1. The van der Waals surface area contributed by atoms with Gasteiger partial charge in [0, 0.05) is 12.4 Å². The third kappa shape index (κ3) is 1.28. The maximum absolute atomic E-state index is 8.30. The van der Waals surface area contributed by atoms with Crippen molar-refractivity contribution in [1.82, 2.24) is 9.97 Å². The number of aromatic nitrogens is 2. The Labute approximate surface area is 58.2 Å². The molecule has 4 heteroatoms. The quantitative estimate of drug-likeness (QED) is 0.351. The summed E-state index contributed by atoms with van der Waals surface area (Å²) < 4.78 is 0. The molecule has 0 aromatic carbocycles. The van der Waals surface area contributed by atoms with Gasteiger partial charge >= 0.3 is 0 Å². The highest BCUT2D eigenvalue weighted by atomic mass is 16.4. The molecule has 1 aromatic heterocycles. The number of oxime groups is 1. The molecule has 1 heterocycles. The largest absolute Gasteiger partial charge is 0.411 e. The molecule has 0 aliphatic heterocycles. The van der Waals surface area contributed by atoms with Crippen LogP contribution in [0.15, 0.2) is 23.6 Å². The lowest BCUT2D eigenvalue weighted by Crippen LogP contribution is -2.00. The van der Waals surface area contributed by atoms with Crippen LogP contribution < -0.4 is 0 Å². The summed E-state index contributed by atoms with van der Waals surface area (Å²) in [6, 6.07) is 1.70. The summed E-state index contributed by atoms with van der Waals surface area (Å²) in [6.45, 7) is 1.63. The molecule has 1 rings (SSSR count). The van der Waals surface area contributed by atoms with Crippen molar-refractivity contribution >= 4 is 5.71 Å². The van der Waals surface area contributed by atoms with Gasteiger partial charge in [0.2, 0.25) is 0 Å². The van der Waals surface area contributed by atoms with Crippen LogP contribution in [0.5, 0.6) is 0 Å². The van der Waals surface area contributed by atoms with Crippen molar-refractivity contribution in [2.45, 2.75) is 6.92 Å². The van der Waals surface area contributed by atoms with Gasteiger partial charge in [-0.1, -0.05) is 5.16 Å². The zero-order chi connectivity index (χ0) is 7.40. The van der Waals surface area contributed by atoms with E-state index in [0.717, 1.165) is 0 Å². The van der Waals surface area contributed by atoms with E-state index in [1.54, 1.807) is 25.4 Å². The van der Waals surface area contributed by atoms with Gasteiger partial charge in [-0.15, -0.1) is 0 Å². The Morgan fingerprint density at radius 2 is 2.10 bits per heavy atom. The number of nitrogens with zero attached hydrogens (tertiary/aromatic N) is 3. The van der Waals surface area contributed by atoms with E-state index in [4.69, 9.17) is 5.21 Å². The first-order valence-electron chi connectivity index (χ1n) is 2.80. The third-order valence-electron chi connectivity index (χ3n) is 1.04. The molecule has 0 unspecified atom stereocenters. The third-order valence-corrected chi connectivity index (χ3v) is 1.04. The van der Waals surface area contributed by atoms with E-state index >= 15 is 0 Å². The summed E-state index contributed by atoms with van der Waals surface area (Å²) in [5.74, 6) is 0.449. The van der Waals surface area contributed by atoms with Crippen LogP contribution in [0, 0.1) is 0 Å². The van der Waals surface area contributed by atoms with Gasteiger partial charge in [-0.3, -0.25) is 0 Å². The van der Waals surface area contributed by atoms with Crippen molar-refractivity contribution < 1.29 is 5.21 Å². The van der Waals surface area contributed by atoms with Gasteiger partial charge in [-0.25, -0.2) is 9.97 Å². The maximum atomic E-state index is 8.30. The molecule has 10 heavy (non-hydrogen) atoms. The number of hydrogen-bond acceptors (Lipinski definition) is 4. The van der Waals surface area contributed by atoms with E-state index in [0.29, 0.717) is 11.5 Å². The van der Waals surface area contributed by atoms with Gasteiger partial charge in [-0.2, -0.15) is 0 Å². The fourth-order valence-electron chi connectivity index (χ4n) is 0.531. The Bertz CT molecular complexity index is 232. The molecule has 1 aromatic rings. The Balaban J connectivity index is 2.96. The highest BCUT2D eigenvalue weighted by Gasteiger charge is 1.96. The number of rotatable bonds is 1. The zero-order valence-electron chi connectivity index (χ0n) is 5.52. The van der Waals surface area contributed by atoms with Crippen LogP contribution in [0.3, 0.4) is 0 Å². The van der Waals surface area contributed by atoms with E-state index in [1.165, 1.54) is 0 Å². The minimum Gasteiger partial charge on any atom is -0.411 e. The lowest BCUT2D eigenvalue weighted by molar-refractivity contribution is 0.318. The maximum Gasteiger partial charge on any atom is 0.176 e. The van der Waals surface area contributed by atoms with E-state index in [1.807, 2.05) is 0 Å². The summed E-state index contributed by atoms with van der Waals surface area (Å²) in [5.41, 5.74) is 0.417. The Morgan fingerprint density at radius 3 is 2.60 bits per heavy atom. The summed E-state index contributed by atoms with van der Waals surface area (Å²) in [6.07, 6.45) is 3.19. The molecule has 52 valence electrons. The van der Waals surface area contributed by atoms with Crippen LogP contribution in [0.25, 0.3) is 0 Å². The average molecular weight is 137 g/mol. The van der Waals surface area contributed by atoms with Crippen LogP contribution in [0.4, 0.5) is 0 Å². The van der Waals surface area contributed by atoms with E-state index in [9.17, 15) is 0 Å². The van der Waals surface area contributed by atoms with Gasteiger partial charge in [0.15, 0.2) is 5.82 Å². The standard InChI is InChI=1S/C6H7N3O/c1-5(9-10)6-7-3-2-4-8-6/h2-4,10H,1H3. The van der Waals surface area contributed by atoms with E-state index < -0.39 is 0 Å².